The number of halogens is 2. The minimum atomic E-state index is -3.77. The highest BCUT2D eigenvalue weighted by molar-refractivity contribution is 7.88. The first kappa shape index (κ1) is 35.9. The molecule has 0 spiro atoms. The summed E-state index contributed by atoms with van der Waals surface area (Å²) in [7, 11) is -3.77. The zero-order valence-corrected chi connectivity index (χ0v) is 28.5. The van der Waals surface area contributed by atoms with E-state index in [1.807, 2.05) is 12.1 Å². The van der Waals surface area contributed by atoms with Crippen LogP contribution in [0.2, 0.25) is 5.02 Å². The number of amides is 2. The van der Waals surface area contributed by atoms with Crippen LogP contribution in [0, 0.1) is 11.7 Å². The fourth-order valence-corrected chi connectivity index (χ4v) is 7.11. The van der Waals surface area contributed by atoms with Crippen molar-refractivity contribution in [1.29, 1.82) is 0 Å². The van der Waals surface area contributed by atoms with Crippen LogP contribution in [0.15, 0.2) is 46.9 Å². The average Bonchev–Trinajstić information content (AvgIpc) is 3.69. The van der Waals surface area contributed by atoms with E-state index in [4.69, 9.17) is 20.8 Å². The summed E-state index contributed by atoms with van der Waals surface area (Å²) in [6.07, 6.45) is 3.52. The number of ether oxygens (including phenoxy) is 1. The Balaban J connectivity index is 1.34. The van der Waals surface area contributed by atoms with Gasteiger partial charge < -0.3 is 24.7 Å². The molecule has 1 unspecified atom stereocenters. The first-order valence-electron chi connectivity index (χ1n) is 16.2. The SMILES string of the molecule is CC[C@H](NC(=O)C1C[C@@H](OCc2ccc(Cl)cc2)CN1C(=O)[C@@H](CCC1CCNCC1)NS(C)(=O)=O)C(=O)c1nc2cc(F)ccc2o1. The number of piperidine rings is 1. The van der Waals surface area contributed by atoms with Crippen LogP contribution in [0.1, 0.15) is 61.7 Å². The lowest BCUT2D eigenvalue weighted by molar-refractivity contribution is -0.140. The molecule has 0 saturated carbocycles. The number of nitrogens with one attached hydrogen (secondary N) is 3. The molecule has 260 valence electrons. The molecule has 2 aromatic carbocycles. The van der Waals surface area contributed by atoms with Crippen molar-refractivity contribution in [2.45, 2.75) is 76.3 Å². The molecule has 2 saturated heterocycles. The van der Waals surface area contributed by atoms with Gasteiger partial charge in [0.1, 0.15) is 23.4 Å². The zero-order valence-electron chi connectivity index (χ0n) is 26.9. The van der Waals surface area contributed by atoms with Crippen LogP contribution in [0.3, 0.4) is 0 Å². The molecule has 1 aromatic heterocycles. The Labute approximate surface area is 284 Å². The van der Waals surface area contributed by atoms with Gasteiger partial charge in [-0.3, -0.25) is 14.4 Å². The second kappa shape index (κ2) is 15.9. The summed E-state index contributed by atoms with van der Waals surface area (Å²) in [5, 5.41) is 6.63. The van der Waals surface area contributed by atoms with Gasteiger partial charge >= 0.3 is 0 Å². The quantitative estimate of drug-likeness (QED) is 0.213. The van der Waals surface area contributed by atoms with E-state index >= 15 is 0 Å². The Morgan fingerprint density at radius 1 is 1.15 bits per heavy atom. The fourth-order valence-electron chi connectivity index (χ4n) is 6.25. The number of benzene rings is 2. The number of carbonyl (C=O) groups is 3. The fraction of sp³-hybridized carbons (Fsp3) is 0.515. The third-order valence-corrected chi connectivity index (χ3v) is 9.79. The van der Waals surface area contributed by atoms with Gasteiger partial charge in [0.25, 0.3) is 5.89 Å². The number of rotatable bonds is 14. The Kier molecular flexibility index (Phi) is 11.8. The summed E-state index contributed by atoms with van der Waals surface area (Å²) in [6.45, 7) is 3.67. The van der Waals surface area contributed by atoms with Crippen LogP contribution in [-0.4, -0.2) is 86.0 Å². The third-order valence-electron chi connectivity index (χ3n) is 8.83. The van der Waals surface area contributed by atoms with Crippen LogP contribution in [-0.2, 0) is 31.0 Å². The molecule has 3 aromatic rings. The molecule has 2 aliphatic rings. The van der Waals surface area contributed by atoms with Gasteiger partial charge in [-0.2, -0.15) is 0 Å². The van der Waals surface area contributed by atoms with E-state index in [-0.39, 0.29) is 49.4 Å². The second-order valence-electron chi connectivity index (χ2n) is 12.5. The number of ketones is 1. The van der Waals surface area contributed by atoms with Crippen LogP contribution >= 0.6 is 11.6 Å². The van der Waals surface area contributed by atoms with Crippen molar-refractivity contribution in [3.63, 3.8) is 0 Å². The van der Waals surface area contributed by atoms with Gasteiger partial charge in [-0.25, -0.2) is 22.5 Å². The largest absolute Gasteiger partial charge is 0.434 e. The molecule has 0 bridgehead atoms. The molecule has 15 heteroatoms. The molecule has 12 nitrogen and oxygen atoms in total. The molecule has 3 heterocycles. The van der Waals surface area contributed by atoms with Crippen molar-refractivity contribution >= 4 is 50.3 Å². The van der Waals surface area contributed by atoms with Gasteiger partial charge in [0.2, 0.25) is 27.6 Å². The topological polar surface area (TPSA) is 160 Å². The van der Waals surface area contributed by atoms with Crippen molar-refractivity contribution < 1.29 is 36.3 Å². The summed E-state index contributed by atoms with van der Waals surface area (Å²) in [6, 6.07) is 7.63. The lowest BCUT2D eigenvalue weighted by Gasteiger charge is -2.30. The number of likely N-dealkylation sites (tertiary alicyclic amines) is 1. The summed E-state index contributed by atoms with van der Waals surface area (Å²) in [5.74, 6) is -2.20. The second-order valence-corrected chi connectivity index (χ2v) is 14.7. The average molecular weight is 706 g/mol. The lowest BCUT2D eigenvalue weighted by Crippen LogP contribution is -2.55. The maximum atomic E-state index is 14.1. The predicted molar refractivity (Wildman–Crippen MR) is 177 cm³/mol. The molecule has 2 fully saturated rings. The monoisotopic (exact) mass is 705 g/mol. The van der Waals surface area contributed by atoms with E-state index in [2.05, 4.69) is 20.3 Å². The maximum absolute atomic E-state index is 14.1. The van der Waals surface area contributed by atoms with Crippen molar-refractivity contribution in [3.8, 4) is 0 Å². The minimum absolute atomic E-state index is 0.0429. The third kappa shape index (κ3) is 9.38. The molecule has 4 atom stereocenters. The number of hydrogen-bond acceptors (Lipinski definition) is 9. The minimum Gasteiger partial charge on any atom is -0.434 e. The number of oxazole rings is 1. The molecular weight excluding hydrogens is 665 g/mol. The highest BCUT2D eigenvalue weighted by atomic mass is 35.5. The van der Waals surface area contributed by atoms with Gasteiger partial charge in [-0.05, 0) is 80.9 Å². The number of Topliss-reactive ketones (excluding diaryl/α,β-unsaturated/α-hetero) is 1. The van der Waals surface area contributed by atoms with Gasteiger partial charge in [-0.15, -0.1) is 0 Å². The number of aromatic nitrogens is 1. The molecule has 0 aliphatic carbocycles. The van der Waals surface area contributed by atoms with Crippen LogP contribution < -0.4 is 15.4 Å². The van der Waals surface area contributed by atoms with Crippen LogP contribution in [0.25, 0.3) is 11.1 Å². The van der Waals surface area contributed by atoms with Crippen molar-refractivity contribution in [3.05, 3.63) is 64.8 Å². The van der Waals surface area contributed by atoms with E-state index in [1.165, 1.54) is 17.0 Å². The Morgan fingerprint density at radius 2 is 1.88 bits per heavy atom. The summed E-state index contributed by atoms with van der Waals surface area (Å²) < 4.78 is 52.6. The molecule has 0 radical (unpaired) electrons. The van der Waals surface area contributed by atoms with Crippen molar-refractivity contribution in [2.24, 2.45) is 5.92 Å². The molecule has 48 heavy (non-hydrogen) atoms. The molecule has 5 rings (SSSR count). The highest BCUT2D eigenvalue weighted by Crippen LogP contribution is 2.26. The summed E-state index contributed by atoms with van der Waals surface area (Å²) in [5.41, 5.74) is 1.24. The van der Waals surface area contributed by atoms with Crippen molar-refractivity contribution in [2.75, 3.05) is 25.9 Å². The van der Waals surface area contributed by atoms with Gasteiger partial charge in [0.15, 0.2) is 5.58 Å². The van der Waals surface area contributed by atoms with Crippen LogP contribution in [0.5, 0.6) is 0 Å². The molecule has 3 N–H and O–H groups in total. The Bertz CT molecular complexity index is 1710. The molecular formula is C33H41ClFN5O7S. The number of fused-ring (bicyclic) bond motifs is 1. The summed E-state index contributed by atoms with van der Waals surface area (Å²) in [4.78, 5) is 46.8. The number of sulfonamides is 1. The lowest BCUT2D eigenvalue weighted by atomic mass is 9.91. The van der Waals surface area contributed by atoms with E-state index in [9.17, 15) is 27.2 Å². The maximum Gasteiger partial charge on any atom is 0.266 e. The van der Waals surface area contributed by atoms with Crippen LogP contribution in [0.4, 0.5) is 4.39 Å². The van der Waals surface area contributed by atoms with E-state index in [0.717, 1.165) is 43.8 Å². The summed E-state index contributed by atoms with van der Waals surface area (Å²) >= 11 is 6.01. The Morgan fingerprint density at radius 3 is 2.56 bits per heavy atom. The van der Waals surface area contributed by atoms with Crippen molar-refractivity contribution in [1.82, 2.24) is 25.2 Å². The van der Waals surface area contributed by atoms with Gasteiger partial charge in [-0.1, -0.05) is 30.7 Å². The standard InChI is InChI=1S/C33H41ClFN5O7S/c1-3-25(30(41)32-38-27-16-23(35)9-11-29(27)47-32)37-31(42)28-17-24(46-19-21-4-7-22(34)8-5-21)18-40(28)33(43)26(39-48(2,44)45)10-6-20-12-14-36-15-13-20/h4-5,7-9,11,16,20,24-26,28,36,39H,3,6,10,12-15,17-19H2,1-2H3,(H,37,42)/t24-,25+,26-,28?/m1/s1. The van der Waals surface area contributed by atoms with E-state index in [0.29, 0.717) is 17.4 Å². The normalized spacial score (nSPS) is 20.1. The molecule has 2 amide bonds. The first-order valence-corrected chi connectivity index (χ1v) is 18.4. The smallest absolute Gasteiger partial charge is 0.266 e. The Hall–Kier alpha value is -3.43. The number of nitrogens with zero attached hydrogens (tertiary/aromatic N) is 2. The number of hydrogen-bond donors (Lipinski definition) is 3. The first-order chi connectivity index (χ1) is 22.9. The zero-order chi connectivity index (χ0) is 34.4. The predicted octanol–water partition coefficient (Wildman–Crippen LogP) is 3.58. The molecule has 2 aliphatic heterocycles. The van der Waals surface area contributed by atoms with Gasteiger partial charge in [0.05, 0.1) is 25.0 Å². The van der Waals surface area contributed by atoms with Gasteiger partial charge in [0, 0.05) is 24.1 Å². The highest BCUT2D eigenvalue weighted by Gasteiger charge is 2.43. The number of carbonyl (C=O) groups excluding carboxylic acids is 3. The van der Waals surface area contributed by atoms with E-state index in [1.54, 1.807) is 19.1 Å². The van der Waals surface area contributed by atoms with E-state index < -0.39 is 57.7 Å².